The average Bonchev–Trinajstić information content (AvgIpc) is 2.57. The van der Waals surface area contributed by atoms with E-state index in [0.717, 1.165) is 50.5 Å². The highest BCUT2D eigenvalue weighted by Gasteiger charge is 2.54. The zero-order valence-corrected chi connectivity index (χ0v) is 15.8. The topological polar surface area (TPSA) is 69.6 Å². The van der Waals surface area contributed by atoms with E-state index in [0.29, 0.717) is 17.8 Å². The van der Waals surface area contributed by atoms with Gasteiger partial charge in [-0.25, -0.2) is 0 Å². The van der Waals surface area contributed by atoms with Crippen molar-refractivity contribution in [3.05, 3.63) is 17.7 Å². The van der Waals surface area contributed by atoms with Crippen LogP contribution in [0.5, 0.6) is 11.5 Å². The van der Waals surface area contributed by atoms with Gasteiger partial charge in [0.1, 0.15) is 17.2 Å². The molecule has 0 atom stereocenters. The zero-order valence-electron chi connectivity index (χ0n) is 15.8. The third-order valence-electron chi connectivity index (χ3n) is 6.98. The highest BCUT2D eigenvalue weighted by atomic mass is 16.3. The summed E-state index contributed by atoms with van der Waals surface area (Å²) in [5.74, 6) is 2.03. The maximum Gasteiger partial charge on any atom is 0.230 e. The number of carbonyl (C=O) groups is 1. The Morgan fingerprint density at radius 2 is 1.58 bits per heavy atom. The second-order valence-electron chi connectivity index (χ2n) is 9.12. The number of unbranched alkanes of at least 4 members (excludes halogenated alkanes) is 2. The lowest BCUT2D eigenvalue weighted by Gasteiger charge is -2.55. The number of hydrogen-bond donors (Lipinski definition) is 3. The number of rotatable bonds is 6. The monoisotopic (exact) mass is 357 g/mol. The largest absolute Gasteiger partial charge is 0.506 e. The van der Waals surface area contributed by atoms with Crippen molar-refractivity contribution in [2.75, 3.05) is 5.32 Å². The van der Waals surface area contributed by atoms with Crippen LogP contribution in [0.3, 0.4) is 0 Å². The van der Waals surface area contributed by atoms with Gasteiger partial charge >= 0.3 is 0 Å². The van der Waals surface area contributed by atoms with Gasteiger partial charge in [0.05, 0.1) is 5.41 Å². The van der Waals surface area contributed by atoms with E-state index in [4.69, 9.17) is 0 Å². The van der Waals surface area contributed by atoms with E-state index in [-0.39, 0.29) is 28.5 Å². The minimum atomic E-state index is -0.284. The van der Waals surface area contributed by atoms with E-state index in [1.807, 2.05) is 0 Å². The molecule has 4 aliphatic rings. The summed E-state index contributed by atoms with van der Waals surface area (Å²) < 4.78 is 0. The number of hydrogen-bond acceptors (Lipinski definition) is 3. The first-order valence-corrected chi connectivity index (χ1v) is 10.4. The van der Waals surface area contributed by atoms with Gasteiger partial charge in [-0.1, -0.05) is 19.8 Å². The van der Waals surface area contributed by atoms with Gasteiger partial charge in [0.25, 0.3) is 0 Å². The fourth-order valence-corrected chi connectivity index (χ4v) is 6.15. The van der Waals surface area contributed by atoms with E-state index in [1.165, 1.54) is 19.3 Å². The number of aromatic hydroxyl groups is 2. The van der Waals surface area contributed by atoms with E-state index < -0.39 is 0 Å². The van der Waals surface area contributed by atoms with Crippen molar-refractivity contribution < 1.29 is 15.0 Å². The SMILES string of the molecule is CCCCCc1cc(O)c(NC(=O)C23CC4CC(CC(C4)C2)C3)c(O)c1. The lowest BCUT2D eigenvalue weighted by molar-refractivity contribution is -0.140. The van der Waals surface area contributed by atoms with Gasteiger partial charge in [-0.3, -0.25) is 4.79 Å². The quantitative estimate of drug-likeness (QED) is 0.496. The molecule has 0 spiro atoms. The van der Waals surface area contributed by atoms with Crippen molar-refractivity contribution in [1.82, 2.24) is 0 Å². The van der Waals surface area contributed by atoms with Crippen molar-refractivity contribution in [3.63, 3.8) is 0 Å². The van der Waals surface area contributed by atoms with E-state index in [9.17, 15) is 15.0 Å². The molecule has 1 amide bonds. The smallest absolute Gasteiger partial charge is 0.230 e. The first-order valence-electron chi connectivity index (χ1n) is 10.4. The predicted molar refractivity (Wildman–Crippen MR) is 102 cm³/mol. The van der Waals surface area contributed by atoms with Crippen LogP contribution in [-0.2, 0) is 11.2 Å². The number of benzene rings is 1. The Morgan fingerprint density at radius 3 is 2.08 bits per heavy atom. The maximum absolute atomic E-state index is 13.1. The summed E-state index contributed by atoms with van der Waals surface area (Å²) >= 11 is 0. The molecule has 4 saturated carbocycles. The van der Waals surface area contributed by atoms with Crippen LogP contribution < -0.4 is 5.32 Å². The molecule has 0 radical (unpaired) electrons. The Morgan fingerprint density at radius 1 is 1.04 bits per heavy atom. The Labute approximate surface area is 156 Å². The molecule has 0 heterocycles. The molecule has 0 aliphatic heterocycles. The van der Waals surface area contributed by atoms with Crippen molar-refractivity contribution in [1.29, 1.82) is 0 Å². The molecule has 4 nitrogen and oxygen atoms in total. The lowest BCUT2D eigenvalue weighted by Crippen LogP contribution is -2.51. The molecular formula is C22H31NO3. The summed E-state index contributed by atoms with van der Waals surface area (Å²) in [6.45, 7) is 2.15. The summed E-state index contributed by atoms with van der Waals surface area (Å²) in [6, 6.07) is 3.37. The summed E-state index contributed by atoms with van der Waals surface area (Å²) in [5, 5.41) is 23.7. The molecule has 4 fully saturated rings. The highest BCUT2D eigenvalue weighted by Crippen LogP contribution is 2.60. The lowest BCUT2D eigenvalue weighted by atomic mass is 9.49. The summed E-state index contributed by atoms with van der Waals surface area (Å²) in [7, 11) is 0. The molecule has 3 N–H and O–H groups in total. The minimum absolute atomic E-state index is 0.000864. The molecule has 5 rings (SSSR count). The highest BCUT2D eigenvalue weighted by molar-refractivity contribution is 5.98. The zero-order chi connectivity index (χ0) is 18.3. The maximum atomic E-state index is 13.1. The fourth-order valence-electron chi connectivity index (χ4n) is 6.15. The number of phenols is 2. The molecule has 0 aromatic heterocycles. The van der Waals surface area contributed by atoms with Crippen LogP contribution in [0.1, 0.15) is 70.3 Å². The van der Waals surface area contributed by atoms with Gasteiger partial charge in [-0.05, 0) is 86.8 Å². The summed E-state index contributed by atoms with van der Waals surface area (Å²) in [4.78, 5) is 13.1. The minimum Gasteiger partial charge on any atom is -0.506 e. The van der Waals surface area contributed by atoms with Gasteiger partial charge in [0.2, 0.25) is 5.91 Å². The molecule has 1 aromatic rings. The number of amides is 1. The molecule has 4 aliphatic carbocycles. The second kappa shape index (κ2) is 6.79. The van der Waals surface area contributed by atoms with Crippen LogP contribution in [0, 0.1) is 23.2 Å². The van der Waals surface area contributed by atoms with Crippen LogP contribution in [0.4, 0.5) is 5.69 Å². The normalized spacial score (nSPS) is 32.0. The number of phenolic OH excluding ortho intramolecular Hbond substituents is 2. The van der Waals surface area contributed by atoms with E-state index in [1.54, 1.807) is 12.1 Å². The van der Waals surface area contributed by atoms with Crippen LogP contribution >= 0.6 is 0 Å². The van der Waals surface area contributed by atoms with E-state index in [2.05, 4.69) is 12.2 Å². The Hall–Kier alpha value is -1.71. The Kier molecular flexibility index (Phi) is 4.62. The number of anilines is 1. The van der Waals surface area contributed by atoms with Gasteiger partial charge in [-0.15, -0.1) is 0 Å². The number of aryl methyl sites for hydroxylation is 1. The Bertz CT molecular complexity index is 638. The molecule has 0 unspecified atom stereocenters. The van der Waals surface area contributed by atoms with Gasteiger partial charge in [0.15, 0.2) is 0 Å². The van der Waals surface area contributed by atoms with Crippen molar-refractivity contribution >= 4 is 11.6 Å². The van der Waals surface area contributed by atoms with Crippen LogP contribution in [0.2, 0.25) is 0 Å². The third kappa shape index (κ3) is 3.19. The summed E-state index contributed by atoms with van der Waals surface area (Å²) in [6.07, 6.45) is 10.9. The first kappa shape index (κ1) is 17.7. The predicted octanol–water partition coefficient (Wildman–Crippen LogP) is 4.99. The standard InChI is InChI=1S/C22H31NO3/c1-2-3-4-5-14-9-18(24)20(19(25)10-14)23-21(26)22-11-15-6-16(12-22)8-17(7-15)13-22/h9-10,15-17,24-25H,2-8,11-13H2,1H3,(H,23,26). The van der Waals surface area contributed by atoms with Crippen molar-refractivity contribution in [2.24, 2.45) is 23.2 Å². The van der Waals surface area contributed by atoms with E-state index >= 15 is 0 Å². The molecule has 1 aromatic carbocycles. The van der Waals surface area contributed by atoms with Crippen molar-refractivity contribution in [3.8, 4) is 11.5 Å². The fraction of sp³-hybridized carbons (Fsp3) is 0.682. The molecular weight excluding hydrogens is 326 g/mol. The number of nitrogens with one attached hydrogen (secondary N) is 1. The van der Waals surface area contributed by atoms with Gasteiger partial charge < -0.3 is 15.5 Å². The van der Waals surface area contributed by atoms with Crippen LogP contribution in [-0.4, -0.2) is 16.1 Å². The van der Waals surface area contributed by atoms with Crippen molar-refractivity contribution in [2.45, 2.75) is 71.1 Å². The van der Waals surface area contributed by atoms with Crippen LogP contribution in [0.15, 0.2) is 12.1 Å². The third-order valence-corrected chi connectivity index (χ3v) is 6.98. The summed E-state index contributed by atoms with van der Waals surface area (Å²) in [5.41, 5.74) is 0.819. The average molecular weight is 357 g/mol. The molecule has 0 saturated heterocycles. The second-order valence-corrected chi connectivity index (χ2v) is 9.12. The van der Waals surface area contributed by atoms with Crippen LogP contribution in [0.25, 0.3) is 0 Å². The molecule has 26 heavy (non-hydrogen) atoms. The molecule has 4 heteroatoms. The van der Waals surface area contributed by atoms with Gasteiger partial charge in [0, 0.05) is 0 Å². The van der Waals surface area contributed by atoms with Gasteiger partial charge in [-0.2, -0.15) is 0 Å². The molecule has 4 bridgehead atoms. The molecule has 142 valence electrons. The Balaban J connectivity index is 1.49. The number of carbonyl (C=O) groups excluding carboxylic acids is 1. The first-order chi connectivity index (χ1) is 12.5.